The van der Waals surface area contributed by atoms with E-state index in [2.05, 4.69) is 46.2 Å². The number of anilines is 1. The van der Waals surface area contributed by atoms with Gasteiger partial charge < -0.3 is 14.8 Å². The predicted molar refractivity (Wildman–Crippen MR) is 84.4 cm³/mol. The molecule has 1 N–H and O–H groups in total. The quantitative estimate of drug-likeness (QED) is 0.904. The molecule has 3 heterocycles. The molecule has 0 saturated carbocycles. The van der Waals surface area contributed by atoms with E-state index < -0.39 is 0 Å². The van der Waals surface area contributed by atoms with E-state index in [1.54, 1.807) is 0 Å². The zero-order valence-corrected chi connectivity index (χ0v) is 12.2. The van der Waals surface area contributed by atoms with E-state index in [-0.39, 0.29) is 0 Å². The summed E-state index contributed by atoms with van der Waals surface area (Å²) in [5, 5.41) is 5.21. The monoisotopic (exact) mass is 269 g/mol. The average Bonchev–Trinajstić information content (AvgIpc) is 2.90. The topological polar surface area (TPSA) is 20.2 Å². The van der Waals surface area contributed by atoms with Gasteiger partial charge in [-0.2, -0.15) is 0 Å². The molecule has 1 aromatic heterocycles. The second-order valence-electron chi connectivity index (χ2n) is 6.37. The number of hydrogen-bond donors (Lipinski definition) is 1. The number of aromatic nitrogens is 1. The van der Waals surface area contributed by atoms with Crippen molar-refractivity contribution in [3.05, 3.63) is 30.0 Å². The number of hydrogen-bond acceptors (Lipinski definition) is 2. The van der Waals surface area contributed by atoms with E-state index in [0.29, 0.717) is 6.04 Å². The van der Waals surface area contributed by atoms with Crippen LogP contribution < -0.4 is 5.32 Å². The lowest BCUT2D eigenvalue weighted by Crippen LogP contribution is -2.36. The Hall–Kier alpha value is -1.48. The molecule has 20 heavy (non-hydrogen) atoms. The van der Waals surface area contributed by atoms with Gasteiger partial charge in [-0.3, -0.25) is 0 Å². The smallest absolute Gasteiger partial charge is 0.0533 e. The Kier molecular flexibility index (Phi) is 2.95. The SMILES string of the molecule is CN1CCC(Nc2ccc3c4c2ccn4CCC3)CC1. The highest BCUT2D eigenvalue weighted by atomic mass is 15.1. The number of benzene rings is 1. The molecular formula is C17H23N3. The molecule has 0 radical (unpaired) electrons. The van der Waals surface area contributed by atoms with Crippen molar-refractivity contribution in [2.45, 2.75) is 38.3 Å². The first-order valence-electron chi connectivity index (χ1n) is 7.87. The Labute approximate surface area is 120 Å². The summed E-state index contributed by atoms with van der Waals surface area (Å²) in [5.41, 5.74) is 4.32. The van der Waals surface area contributed by atoms with Crippen LogP contribution in [0.25, 0.3) is 10.9 Å². The van der Waals surface area contributed by atoms with Crippen LogP contribution in [0.4, 0.5) is 5.69 Å². The van der Waals surface area contributed by atoms with E-state index in [0.717, 1.165) is 0 Å². The summed E-state index contributed by atoms with van der Waals surface area (Å²) in [6.07, 6.45) is 7.27. The van der Waals surface area contributed by atoms with Gasteiger partial charge in [-0.15, -0.1) is 0 Å². The molecule has 2 aliphatic rings. The van der Waals surface area contributed by atoms with Gasteiger partial charge in [0.15, 0.2) is 0 Å². The Morgan fingerprint density at radius 2 is 1.95 bits per heavy atom. The van der Waals surface area contributed by atoms with Gasteiger partial charge in [0.05, 0.1) is 5.52 Å². The first-order valence-corrected chi connectivity index (χ1v) is 7.87. The van der Waals surface area contributed by atoms with Crippen LogP contribution in [-0.4, -0.2) is 35.6 Å². The molecule has 1 fully saturated rings. The van der Waals surface area contributed by atoms with Gasteiger partial charge in [0, 0.05) is 29.9 Å². The molecule has 1 aromatic carbocycles. The van der Waals surface area contributed by atoms with Gasteiger partial charge in [-0.05, 0) is 63.5 Å². The molecule has 0 aliphatic carbocycles. The molecule has 4 rings (SSSR count). The van der Waals surface area contributed by atoms with Crippen LogP contribution in [0.3, 0.4) is 0 Å². The lowest BCUT2D eigenvalue weighted by molar-refractivity contribution is 0.264. The number of nitrogens with zero attached hydrogens (tertiary/aromatic N) is 2. The van der Waals surface area contributed by atoms with Crippen molar-refractivity contribution in [2.75, 3.05) is 25.5 Å². The molecule has 106 valence electrons. The Balaban J connectivity index is 1.64. The third kappa shape index (κ3) is 2.01. The maximum atomic E-state index is 3.79. The van der Waals surface area contributed by atoms with Crippen LogP contribution in [0, 0.1) is 0 Å². The Morgan fingerprint density at radius 3 is 2.80 bits per heavy atom. The molecule has 0 amide bonds. The summed E-state index contributed by atoms with van der Waals surface area (Å²) in [6.45, 7) is 3.59. The number of piperidine rings is 1. The summed E-state index contributed by atoms with van der Waals surface area (Å²) in [6, 6.07) is 7.55. The normalized spacial score (nSPS) is 20.4. The van der Waals surface area contributed by atoms with E-state index in [4.69, 9.17) is 0 Å². The van der Waals surface area contributed by atoms with Crippen LogP contribution in [0.15, 0.2) is 24.4 Å². The largest absolute Gasteiger partial charge is 0.382 e. The van der Waals surface area contributed by atoms with E-state index in [9.17, 15) is 0 Å². The summed E-state index contributed by atoms with van der Waals surface area (Å²) < 4.78 is 2.42. The predicted octanol–water partition coefficient (Wildman–Crippen LogP) is 3.09. The molecule has 1 saturated heterocycles. The molecule has 0 atom stereocenters. The minimum Gasteiger partial charge on any atom is -0.382 e. The fourth-order valence-corrected chi connectivity index (χ4v) is 3.73. The third-order valence-electron chi connectivity index (χ3n) is 4.93. The third-order valence-corrected chi connectivity index (χ3v) is 4.93. The van der Waals surface area contributed by atoms with Crippen molar-refractivity contribution in [2.24, 2.45) is 0 Å². The summed E-state index contributed by atoms with van der Waals surface area (Å²) in [5.74, 6) is 0. The van der Waals surface area contributed by atoms with Crippen LogP contribution in [0.2, 0.25) is 0 Å². The second kappa shape index (κ2) is 4.81. The van der Waals surface area contributed by atoms with E-state index in [1.807, 2.05) is 0 Å². The van der Waals surface area contributed by atoms with Crippen molar-refractivity contribution in [3.63, 3.8) is 0 Å². The highest BCUT2D eigenvalue weighted by Gasteiger charge is 2.19. The Bertz CT molecular complexity index is 620. The van der Waals surface area contributed by atoms with Crippen LogP contribution in [-0.2, 0) is 13.0 Å². The minimum absolute atomic E-state index is 0.631. The maximum absolute atomic E-state index is 3.79. The lowest BCUT2D eigenvalue weighted by Gasteiger charge is -2.30. The summed E-state index contributed by atoms with van der Waals surface area (Å²) in [7, 11) is 2.22. The van der Waals surface area contributed by atoms with Crippen molar-refractivity contribution in [1.29, 1.82) is 0 Å². The molecule has 2 aliphatic heterocycles. The second-order valence-corrected chi connectivity index (χ2v) is 6.37. The number of rotatable bonds is 2. The highest BCUT2D eigenvalue weighted by molar-refractivity contribution is 5.95. The molecule has 3 nitrogen and oxygen atoms in total. The zero-order chi connectivity index (χ0) is 13.5. The first-order chi connectivity index (χ1) is 9.81. The molecule has 0 bridgehead atoms. The van der Waals surface area contributed by atoms with Gasteiger partial charge in [-0.25, -0.2) is 0 Å². The molecule has 3 heteroatoms. The number of aryl methyl sites for hydroxylation is 2. The van der Waals surface area contributed by atoms with Crippen molar-refractivity contribution >= 4 is 16.6 Å². The lowest BCUT2D eigenvalue weighted by atomic mass is 10.0. The highest BCUT2D eigenvalue weighted by Crippen LogP contribution is 2.32. The van der Waals surface area contributed by atoms with Crippen molar-refractivity contribution in [1.82, 2.24) is 9.47 Å². The van der Waals surface area contributed by atoms with E-state index >= 15 is 0 Å². The maximum Gasteiger partial charge on any atom is 0.0533 e. The summed E-state index contributed by atoms with van der Waals surface area (Å²) in [4.78, 5) is 2.42. The number of likely N-dealkylation sites (tertiary alicyclic amines) is 1. The van der Waals surface area contributed by atoms with Gasteiger partial charge in [0.25, 0.3) is 0 Å². The van der Waals surface area contributed by atoms with Crippen LogP contribution in [0.1, 0.15) is 24.8 Å². The number of nitrogens with one attached hydrogen (secondary N) is 1. The first kappa shape index (κ1) is 12.3. The fourth-order valence-electron chi connectivity index (χ4n) is 3.73. The van der Waals surface area contributed by atoms with Crippen molar-refractivity contribution < 1.29 is 0 Å². The average molecular weight is 269 g/mol. The van der Waals surface area contributed by atoms with Crippen LogP contribution >= 0.6 is 0 Å². The minimum atomic E-state index is 0.631. The molecular weight excluding hydrogens is 246 g/mol. The molecule has 0 unspecified atom stereocenters. The van der Waals surface area contributed by atoms with Gasteiger partial charge >= 0.3 is 0 Å². The Morgan fingerprint density at radius 1 is 1.10 bits per heavy atom. The van der Waals surface area contributed by atoms with Crippen molar-refractivity contribution in [3.8, 4) is 0 Å². The molecule has 2 aromatic rings. The van der Waals surface area contributed by atoms with Gasteiger partial charge in [0.2, 0.25) is 0 Å². The zero-order valence-electron chi connectivity index (χ0n) is 12.2. The summed E-state index contributed by atoms with van der Waals surface area (Å²) >= 11 is 0. The van der Waals surface area contributed by atoms with E-state index in [1.165, 1.54) is 67.5 Å². The fraction of sp³-hybridized carbons (Fsp3) is 0.529. The molecule has 0 spiro atoms. The van der Waals surface area contributed by atoms with Crippen LogP contribution in [0.5, 0.6) is 0 Å². The van der Waals surface area contributed by atoms with Gasteiger partial charge in [0.1, 0.15) is 0 Å². The van der Waals surface area contributed by atoms with Gasteiger partial charge in [-0.1, -0.05) is 6.07 Å². The standard InChI is InChI=1S/C17H23N3/c1-19-10-6-14(7-11-19)18-16-5-4-13-3-2-9-20-12-8-15(16)17(13)20/h4-5,8,12,14,18H,2-3,6-7,9-11H2,1H3.